The quantitative estimate of drug-likeness (QED) is 0.389. The number of carbonyl (C=O) groups excluding carboxylic acids is 1. The van der Waals surface area contributed by atoms with Crippen LogP contribution >= 0.6 is 0 Å². The molecule has 1 aliphatic carbocycles. The molecule has 8 nitrogen and oxygen atoms in total. The van der Waals surface area contributed by atoms with Crippen molar-refractivity contribution in [3.8, 4) is 11.5 Å². The topological polar surface area (TPSA) is 89.7 Å². The highest BCUT2D eigenvalue weighted by Gasteiger charge is 2.24. The first kappa shape index (κ1) is 20.2. The largest absolute Gasteiger partial charge is 0.353 e. The number of nitrogens with zero attached hydrogens (tertiary/aromatic N) is 5. The molecule has 168 valence electrons. The second-order valence-electron chi connectivity index (χ2n) is 8.48. The molecule has 0 atom stereocenters. The van der Waals surface area contributed by atoms with Gasteiger partial charge >= 0.3 is 0 Å². The van der Waals surface area contributed by atoms with Gasteiger partial charge in [-0.3, -0.25) is 9.36 Å². The van der Waals surface area contributed by atoms with Crippen molar-refractivity contribution in [3.05, 3.63) is 91.1 Å². The normalized spacial score (nSPS) is 13.2. The molecular weight excluding hydrogens is 426 g/mol. The molecule has 0 spiro atoms. The van der Waals surface area contributed by atoms with Crippen LogP contribution in [0.15, 0.2) is 85.6 Å². The molecule has 0 bridgehead atoms. The van der Waals surface area contributed by atoms with Crippen LogP contribution in [0, 0.1) is 0 Å². The minimum absolute atomic E-state index is 0.0649. The molecule has 2 aromatic carbocycles. The van der Waals surface area contributed by atoms with Gasteiger partial charge in [-0.1, -0.05) is 18.2 Å². The van der Waals surface area contributed by atoms with Crippen molar-refractivity contribution in [1.29, 1.82) is 0 Å². The molecule has 1 saturated carbocycles. The maximum atomic E-state index is 12.4. The summed E-state index contributed by atoms with van der Waals surface area (Å²) in [6.45, 7) is 0. The first-order valence-electron chi connectivity index (χ1n) is 11.3. The Bertz CT molecular complexity index is 1430. The summed E-state index contributed by atoms with van der Waals surface area (Å²) in [6.07, 6.45) is 9.93. The van der Waals surface area contributed by atoms with Crippen LogP contribution in [0.2, 0.25) is 0 Å². The van der Waals surface area contributed by atoms with Gasteiger partial charge in [-0.25, -0.2) is 4.98 Å². The molecule has 6 rings (SSSR count). The third-order valence-electron chi connectivity index (χ3n) is 5.93. The Hall–Kier alpha value is -4.46. The molecule has 1 fully saturated rings. The van der Waals surface area contributed by atoms with Crippen molar-refractivity contribution in [2.75, 3.05) is 5.32 Å². The van der Waals surface area contributed by atoms with Crippen LogP contribution in [-0.2, 0) is 11.2 Å². The lowest BCUT2D eigenvalue weighted by Gasteiger charge is -2.08. The maximum Gasteiger partial charge on any atom is 0.224 e. The summed E-state index contributed by atoms with van der Waals surface area (Å²) >= 11 is 0. The van der Waals surface area contributed by atoms with Gasteiger partial charge in [-0.15, -0.1) is 10.2 Å². The standard InChI is InChI=1S/C26H23N7O/c34-26(29-20-5-6-20)15-18-16-33(23-4-2-1-3-22(18)23)25-12-11-24(30-31-25)28-19-7-9-21(10-8-19)32-14-13-27-17-32/h1-4,7-14,16-17,20H,5-6,15H2,(H,28,30)(H,29,34). The van der Waals surface area contributed by atoms with Gasteiger partial charge in [0.1, 0.15) is 0 Å². The molecule has 0 radical (unpaired) electrons. The van der Waals surface area contributed by atoms with Crippen molar-refractivity contribution in [2.45, 2.75) is 25.3 Å². The number of nitrogens with one attached hydrogen (secondary N) is 2. The predicted octanol–water partition coefficient (Wildman–Crippen LogP) is 4.17. The molecule has 1 aliphatic rings. The average molecular weight is 450 g/mol. The van der Waals surface area contributed by atoms with Gasteiger partial charge in [0, 0.05) is 41.4 Å². The predicted molar refractivity (Wildman–Crippen MR) is 131 cm³/mol. The van der Waals surface area contributed by atoms with Crippen LogP contribution in [0.5, 0.6) is 0 Å². The Balaban J connectivity index is 1.21. The SMILES string of the molecule is O=C(Cc1cn(-c2ccc(Nc3ccc(-n4ccnc4)cc3)nn2)c2ccccc12)NC1CC1. The molecule has 0 aliphatic heterocycles. The Kier molecular flexibility index (Phi) is 5.03. The summed E-state index contributed by atoms with van der Waals surface area (Å²) < 4.78 is 3.94. The minimum atomic E-state index is 0.0649. The van der Waals surface area contributed by atoms with Crippen molar-refractivity contribution in [3.63, 3.8) is 0 Å². The second-order valence-corrected chi connectivity index (χ2v) is 8.48. The summed E-state index contributed by atoms with van der Waals surface area (Å²) in [5, 5.41) is 16.2. The van der Waals surface area contributed by atoms with Gasteiger partial charge in [0.25, 0.3) is 0 Å². The van der Waals surface area contributed by atoms with E-state index in [9.17, 15) is 4.79 Å². The number of anilines is 2. The molecule has 0 saturated heterocycles. The Morgan fingerprint density at radius 1 is 1.00 bits per heavy atom. The van der Waals surface area contributed by atoms with Crippen LogP contribution in [0.3, 0.4) is 0 Å². The van der Waals surface area contributed by atoms with Gasteiger partial charge in [0.15, 0.2) is 11.6 Å². The van der Waals surface area contributed by atoms with Crippen LogP contribution in [-0.4, -0.2) is 36.3 Å². The number of fused-ring (bicyclic) bond motifs is 1. The number of benzene rings is 2. The molecule has 1 amide bonds. The van der Waals surface area contributed by atoms with Crippen molar-refractivity contribution in [2.24, 2.45) is 0 Å². The van der Waals surface area contributed by atoms with E-state index < -0.39 is 0 Å². The second kappa shape index (κ2) is 8.47. The average Bonchev–Trinajstić information content (AvgIpc) is 3.36. The molecule has 8 heteroatoms. The van der Waals surface area contributed by atoms with Crippen molar-refractivity contribution < 1.29 is 4.79 Å². The number of carbonyl (C=O) groups is 1. The highest BCUT2D eigenvalue weighted by atomic mass is 16.1. The van der Waals surface area contributed by atoms with Crippen LogP contribution < -0.4 is 10.6 Å². The summed E-state index contributed by atoms with van der Waals surface area (Å²) in [7, 11) is 0. The molecule has 2 N–H and O–H groups in total. The van der Waals surface area contributed by atoms with E-state index in [1.54, 1.807) is 12.5 Å². The molecular formula is C26H23N7O. The number of para-hydroxylation sites is 1. The van der Waals surface area contributed by atoms with Crippen LogP contribution in [0.1, 0.15) is 18.4 Å². The fourth-order valence-corrected chi connectivity index (χ4v) is 4.06. The van der Waals surface area contributed by atoms with Crippen LogP contribution in [0.25, 0.3) is 22.4 Å². The number of imidazole rings is 1. The minimum Gasteiger partial charge on any atom is -0.353 e. The Morgan fingerprint density at radius 3 is 2.59 bits per heavy atom. The van der Waals surface area contributed by atoms with E-state index in [4.69, 9.17) is 0 Å². The zero-order chi connectivity index (χ0) is 22.9. The third-order valence-corrected chi connectivity index (χ3v) is 5.93. The lowest BCUT2D eigenvalue weighted by atomic mass is 10.1. The fraction of sp³-hybridized carbons (Fsp3) is 0.154. The number of amides is 1. The summed E-state index contributed by atoms with van der Waals surface area (Å²) in [5.41, 5.74) is 3.93. The summed E-state index contributed by atoms with van der Waals surface area (Å²) in [4.78, 5) is 16.5. The number of rotatable bonds is 7. The smallest absolute Gasteiger partial charge is 0.224 e. The maximum absolute atomic E-state index is 12.4. The molecule has 0 unspecified atom stereocenters. The van der Waals surface area contributed by atoms with E-state index in [-0.39, 0.29) is 5.91 Å². The zero-order valence-electron chi connectivity index (χ0n) is 18.4. The molecule has 3 aromatic heterocycles. The van der Waals surface area contributed by atoms with Crippen LogP contribution in [0.4, 0.5) is 11.5 Å². The van der Waals surface area contributed by atoms with E-state index in [1.165, 1.54) is 0 Å². The molecule has 34 heavy (non-hydrogen) atoms. The Morgan fingerprint density at radius 2 is 1.85 bits per heavy atom. The fourth-order valence-electron chi connectivity index (χ4n) is 4.06. The number of hydrogen-bond acceptors (Lipinski definition) is 5. The van der Waals surface area contributed by atoms with Crippen molar-refractivity contribution >= 4 is 28.3 Å². The first-order chi connectivity index (χ1) is 16.7. The van der Waals surface area contributed by atoms with Gasteiger partial charge in [-0.2, -0.15) is 0 Å². The summed E-state index contributed by atoms with van der Waals surface area (Å²) in [5.74, 6) is 1.42. The van der Waals surface area contributed by atoms with Crippen molar-refractivity contribution in [1.82, 2.24) is 29.6 Å². The van der Waals surface area contributed by atoms with E-state index in [2.05, 4.69) is 25.8 Å². The van der Waals surface area contributed by atoms with Gasteiger partial charge in [0.05, 0.1) is 18.3 Å². The van der Waals surface area contributed by atoms with Gasteiger partial charge in [-0.05, 0) is 60.9 Å². The third kappa shape index (κ3) is 4.13. The first-order valence-corrected chi connectivity index (χ1v) is 11.3. The zero-order valence-corrected chi connectivity index (χ0v) is 18.4. The Labute approximate surface area is 196 Å². The number of aromatic nitrogens is 5. The number of hydrogen-bond donors (Lipinski definition) is 2. The lowest BCUT2D eigenvalue weighted by molar-refractivity contribution is -0.120. The molecule has 3 heterocycles. The van der Waals surface area contributed by atoms with Gasteiger partial charge in [0.2, 0.25) is 5.91 Å². The van der Waals surface area contributed by atoms with E-state index in [1.807, 2.05) is 82.2 Å². The molecule has 5 aromatic rings. The monoisotopic (exact) mass is 449 g/mol. The highest BCUT2D eigenvalue weighted by molar-refractivity contribution is 5.90. The summed E-state index contributed by atoms with van der Waals surface area (Å²) in [6, 6.07) is 20.2. The van der Waals surface area contributed by atoms with E-state index in [0.29, 0.717) is 24.1 Å². The highest BCUT2D eigenvalue weighted by Crippen LogP contribution is 2.26. The lowest BCUT2D eigenvalue weighted by Crippen LogP contribution is -2.26. The van der Waals surface area contributed by atoms with Gasteiger partial charge < -0.3 is 15.2 Å². The van der Waals surface area contributed by atoms with E-state index >= 15 is 0 Å². The van der Waals surface area contributed by atoms with E-state index in [0.717, 1.165) is 40.7 Å².